The Morgan fingerprint density at radius 1 is 1.50 bits per heavy atom. The van der Waals surface area contributed by atoms with E-state index >= 15 is 0 Å². The minimum Gasteiger partial charge on any atom is -0.482 e. The molecule has 7 heteroatoms. The van der Waals surface area contributed by atoms with Crippen molar-refractivity contribution >= 4 is 49.9 Å². The molecule has 0 fully saturated rings. The lowest BCUT2D eigenvalue weighted by Gasteiger charge is -2.11. The zero-order chi connectivity index (χ0) is 14.7. The highest BCUT2D eigenvalue weighted by molar-refractivity contribution is 9.10. The van der Waals surface area contributed by atoms with Crippen LogP contribution in [-0.2, 0) is 4.79 Å². The van der Waals surface area contributed by atoms with Gasteiger partial charge in [0.15, 0.2) is 11.7 Å². The Kier molecular flexibility index (Phi) is 5.01. The quantitative estimate of drug-likeness (QED) is 0.871. The molecule has 0 saturated heterocycles. The average Bonchev–Trinajstić information content (AvgIpc) is 2.73. The first-order valence-electron chi connectivity index (χ1n) is 5.76. The second-order valence-electron chi connectivity index (χ2n) is 4.16. The minimum absolute atomic E-state index is 0.110. The summed E-state index contributed by atoms with van der Waals surface area (Å²) < 4.78 is 6.35. The zero-order valence-electron chi connectivity index (χ0n) is 10.9. The van der Waals surface area contributed by atoms with Crippen molar-refractivity contribution in [1.29, 1.82) is 0 Å². The van der Waals surface area contributed by atoms with Crippen LogP contribution in [0.3, 0.4) is 0 Å². The molecule has 4 nitrogen and oxygen atoms in total. The van der Waals surface area contributed by atoms with Gasteiger partial charge in [0.1, 0.15) is 5.75 Å². The Balaban J connectivity index is 1.97. The van der Waals surface area contributed by atoms with Crippen LogP contribution in [0, 0.1) is 13.8 Å². The standard InChI is InChI=1S/C13H12BrClN2O2S/c1-7-3-9(14)4-10(15)12(7)19-5-11(18)17-13-16-8(2)6-20-13/h3-4,6H,5H2,1-2H3,(H,16,17,18). The van der Waals surface area contributed by atoms with Gasteiger partial charge >= 0.3 is 0 Å². The van der Waals surface area contributed by atoms with Gasteiger partial charge in [0, 0.05) is 9.85 Å². The van der Waals surface area contributed by atoms with Crippen molar-refractivity contribution in [3.05, 3.63) is 38.3 Å². The number of ether oxygens (including phenoxy) is 1. The number of rotatable bonds is 4. The monoisotopic (exact) mass is 374 g/mol. The van der Waals surface area contributed by atoms with E-state index in [2.05, 4.69) is 26.2 Å². The molecule has 2 rings (SSSR count). The highest BCUT2D eigenvalue weighted by atomic mass is 79.9. The van der Waals surface area contributed by atoms with Crippen LogP contribution in [0.25, 0.3) is 0 Å². The summed E-state index contributed by atoms with van der Waals surface area (Å²) in [5.41, 5.74) is 1.74. The van der Waals surface area contributed by atoms with E-state index in [1.165, 1.54) is 11.3 Å². The maximum Gasteiger partial charge on any atom is 0.264 e. The van der Waals surface area contributed by atoms with E-state index in [9.17, 15) is 4.79 Å². The van der Waals surface area contributed by atoms with Crippen LogP contribution in [0.15, 0.2) is 22.0 Å². The van der Waals surface area contributed by atoms with E-state index in [-0.39, 0.29) is 12.5 Å². The van der Waals surface area contributed by atoms with Crippen molar-refractivity contribution in [3.8, 4) is 5.75 Å². The van der Waals surface area contributed by atoms with Gasteiger partial charge in [0.05, 0.1) is 10.7 Å². The van der Waals surface area contributed by atoms with Gasteiger partial charge < -0.3 is 4.74 Å². The Labute approximate surface area is 134 Å². The van der Waals surface area contributed by atoms with Gasteiger partial charge in [0.25, 0.3) is 5.91 Å². The van der Waals surface area contributed by atoms with E-state index in [1.54, 1.807) is 6.07 Å². The van der Waals surface area contributed by atoms with Crippen LogP contribution in [-0.4, -0.2) is 17.5 Å². The first-order chi connectivity index (χ1) is 9.45. The van der Waals surface area contributed by atoms with E-state index in [1.807, 2.05) is 25.3 Å². The van der Waals surface area contributed by atoms with E-state index in [0.717, 1.165) is 15.7 Å². The number of nitrogens with one attached hydrogen (secondary N) is 1. The van der Waals surface area contributed by atoms with Gasteiger partial charge in [0.2, 0.25) is 0 Å². The molecule has 0 aliphatic heterocycles. The van der Waals surface area contributed by atoms with Crippen LogP contribution in [0.5, 0.6) is 5.75 Å². The number of nitrogens with zero attached hydrogens (tertiary/aromatic N) is 1. The highest BCUT2D eigenvalue weighted by Gasteiger charge is 2.11. The molecule has 0 bridgehead atoms. The molecule has 1 N–H and O–H groups in total. The lowest BCUT2D eigenvalue weighted by molar-refractivity contribution is -0.118. The summed E-state index contributed by atoms with van der Waals surface area (Å²) in [4.78, 5) is 15.9. The van der Waals surface area contributed by atoms with Crippen LogP contribution in [0.4, 0.5) is 5.13 Å². The third kappa shape index (κ3) is 3.94. The lowest BCUT2D eigenvalue weighted by Crippen LogP contribution is -2.20. The molecule has 2 aromatic rings. The fourth-order valence-corrected chi connectivity index (χ4v) is 3.31. The van der Waals surface area contributed by atoms with E-state index in [4.69, 9.17) is 16.3 Å². The minimum atomic E-state index is -0.266. The van der Waals surface area contributed by atoms with Gasteiger partial charge in [-0.25, -0.2) is 4.98 Å². The number of carbonyl (C=O) groups excluding carboxylic acids is 1. The third-order valence-corrected chi connectivity index (χ3v) is 4.02. The summed E-state index contributed by atoms with van der Waals surface area (Å²) in [6.07, 6.45) is 0. The molecule has 1 heterocycles. The zero-order valence-corrected chi connectivity index (χ0v) is 14.0. The topological polar surface area (TPSA) is 51.2 Å². The van der Waals surface area contributed by atoms with Gasteiger partial charge in [-0.05, 0) is 31.5 Å². The van der Waals surface area contributed by atoms with Crippen molar-refractivity contribution < 1.29 is 9.53 Å². The van der Waals surface area contributed by atoms with E-state index in [0.29, 0.717) is 15.9 Å². The molecule has 106 valence electrons. The maximum atomic E-state index is 11.8. The summed E-state index contributed by atoms with van der Waals surface area (Å²) in [5.74, 6) is 0.248. The number of anilines is 1. The largest absolute Gasteiger partial charge is 0.482 e. The summed E-state index contributed by atoms with van der Waals surface area (Å²) in [5, 5.41) is 5.57. The first-order valence-corrected chi connectivity index (χ1v) is 7.81. The third-order valence-electron chi connectivity index (χ3n) is 2.41. The molecule has 1 aromatic heterocycles. The summed E-state index contributed by atoms with van der Waals surface area (Å²) >= 11 is 10.8. The van der Waals surface area contributed by atoms with Crippen molar-refractivity contribution in [3.63, 3.8) is 0 Å². The second kappa shape index (κ2) is 6.56. The summed E-state index contributed by atoms with van der Waals surface area (Å²) in [6, 6.07) is 3.61. The molecule has 0 spiro atoms. The molecule has 1 aromatic carbocycles. The van der Waals surface area contributed by atoms with Gasteiger partial charge in [-0.3, -0.25) is 10.1 Å². The van der Waals surface area contributed by atoms with Gasteiger partial charge in [-0.1, -0.05) is 27.5 Å². The molecule has 0 saturated carbocycles. The summed E-state index contributed by atoms with van der Waals surface area (Å²) in [7, 11) is 0. The number of thiazole rings is 1. The van der Waals surface area contributed by atoms with Crippen LogP contribution < -0.4 is 10.1 Å². The number of amides is 1. The predicted molar refractivity (Wildman–Crippen MR) is 84.9 cm³/mol. The van der Waals surface area contributed by atoms with Crippen molar-refractivity contribution in [2.24, 2.45) is 0 Å². The fourth-order valence-electron chi connectivity index (χ4n) is 1.58. The van der Waals surface area contributed by atoms with Crippen molar-refractivity contribution in [1.82, 2.24) is 4.98 Å². The number of benzene rings is 1. The number of aryl methyl sites for hydroxylation is 2. The molecule has 20 heavy (non-hydrogen) atoms. The normalized spacial score (nSPS) is 10.4. The number of hydrogen-bond donors (Lipinski definition) is 1. The molecule has 0 atom stereocenters. The molecule has 0 unspecified atom stereocenters. The first kappa shape index (κ1) is 15.3. The number of aromatic nitrogens is 1. The smallest absolute Gasteiger partial charge is 0.264 e. The molecular formula is C13H12BrClN2O2S. The Hall–Kier alpha value is -1.11. The summed E-state index contributed by atoms with van der Waals surface area (Å²) in [6.45, 7) is 3.63. The van der Waals surface area contributed by atoms with Gasteiger partial charge in [-0.2, -0.15) is 0 Å². The second-order valence-corrected chi connectivity index (χ2v) is 6.35. The van der Waals surface area contributed by atoms with Crippen molar-refractivity contribution in [2.75, 3.05) is 11.9 Å². The Morgan fingerprint density at radius 3 is 2.85 bits per heavy atom. The van der Waals surface area contributed by atoms with Crippen LogP contribution in [0.2, 0.25) is 5.02 Å². The number of halogens is 2. The predicted octanol–water partition coefficient (Wildman–Crippen LogP) is 4.19. The molecule has 1 amide bonds. The van der Waals surface area contributed by atoms with Crippen LogP contribution in [0.1, 0.15) is 11.3 Å². The molecular weight excluding hydrogens is 364 g/mol. The fraction of sp³-hybridized carbons (Fsp3) is 0.231. The maximum absolute atomic E-state index is 11.8. The highest BCUT2D eigenvalue weighted by Crippen LogP contribution is 2.31. The molecule has 0 radical (unpaired) electrons. The SMILES string of the molecule is Cc1csc(NC(=O)COc2c(C)cc(Br)cc2Cl)n1. The molecule has 0 aliphatic carbocycles. The van der Waals surface area contributed by atoms with E-state index < -0.39 is 0 Å². The lowest BCUT2D eigenvalue weighted by atomic mass is 10.2. The Bertz CT molecular complexity index is 622. The average molecular weight is 376 g/mol. The number of carbonyl (C=O) groups is 1. The number of hydrogen-bond acceptors (Lipinski definition) is 4. The Morgan fingerprint density at radius 2 is 2.25 bits per heavy atom. The van der Waals surface area contributed by atoms with Crippen molar-refractivity contribution in [2.45, 2.75) is 13.8 Å². The van der Waals surface area contributed by atoms with Crippen LogP contribution >= 0.6 is 38.9 Å². The molecule has 0 aliphatic rings. The van der Waals surface area contributed by atoms with Gasteiger partial charge in [-0.15, -0.1) is 11.3 Å².